The quantitative estimate of drug-likeness (QED) is 0.912. The van der Waals surface area contributed by atoms with Crippen molar-refractivity contribution in [1.82, 2.24) is 15.2 Å². The summed E-state index contributed by atoms with van der Waals surface area (Å²) in [6.45, 7) is 8.74. The summed E-state index contributed by atoms with van der Waals surface area (Å²) in [4.78, 5) is 9.53. The van der Waals surface area contributed by atoms with E-state index in [9.17, 15) is 0 Å². The van der Waals surface area contributed by atoms with Gasteiger partial charge in [0.05, 0.1) is 0 Å². The zero-order valence-electron chi connectivity index (χ0n) is 13.3. The van der Waals surface area contributed by atoms with Gasteiger partial charge in [0, 0.05) is 48.8 Å². The number of rotatable bonds is 4. The highest BCUT2D eigenvalue weighted by molar-refractivity contribution is 5.54. The number of hydrogen-bond acceptors (Lipinski definition) is 4. The lowest BCUT2D eigenvalue weighted by Gasteiger charge is -2.34. The van der Waals surface area contributed by atoms with Crippen molar-refractivity contribution in [2.45, 2.75) is 39.3 Å². The van der Waals surface area contributed by atoms with Gasteiger partial charge in [0.25, 0.3) is 0 Å². The molecule has 0 saturated carbocycles. The minimum absolute atomic E-state index is 0.597. The maximum atomic E-state index is 4.47. The number of pyridine rings is 1. The van der Waals surface area contributed by atoms with Gasteiger partial charge in [-0.25, -0.2) is 0 Å². The fraction of sp³-hybridized carbons (Fsp3) is 0.688. The van der Waals surface area contributed by atoms with Gasteiger partial charge in [-0.15, -0.1) is 0 Å². The van der Waals surface area contributed by atoms with Gasteiger partial charge in [-0.05, 0) is 46.5 Å². The van der Waals surface area contributed by atoms with Crippen LogP contribution in [0.3, 0.4) is 0 Å². The molecule has 20 heavy (non-hydrogen) atoms. The van der Waals surface area contributed by atoms with Gasteiger partial charge < -0.3 is 15.1 Å². The molecule has 4 nitrogen and oxygen atoms in total. The van der Waals surface area contributed by atoms with E-state index in [0.717, 1.165) is 25.3 Å². The van der Waals surface area contributed by atoms with E-state index in [1.165, 1.54) is 30.6 Å². The Morgan fingerprint density at radius 2 is 2.20 bits per heavy atom. The first-order chi connectivity index (χ1) is 9.65. The Morgan fingerprint density at radius 3 is 2.90 bits per heavy atom. The smallest absolute Gasteiger partial charge is 0.0448 e. The first-order valence-corrected chi connectivity index (χ1v) is 7.71. The molecule has 0 spiro atoms. The summed E-state index contributed by atoms with van der Waals surface area (Å²) in [5, 5.41) is 3.26. The van der Waals surface area contributed by atoms with Crippen molar-refractivity contribution in [3.63, 3.8) is 0 Å². The van der Waals surface area contributed by atoms with Crippen molar-refractivity contribution in [2.24, 2.45) is 0 Å². The Hall–Kier alpha value is -1.13. The average molecular weight is 276 g/mol. The van der Waals surface area contributed by atoms with Gasteiger partial charge in [-0.1, -0.05) is 6.92 Å². The number of nitrogens with zero attached hydrogens (tertiary/aromatic N) is 3. The maximum Gasteiger partial charge on any atom is 0.0448 e. The Balaban J connectivity index is 2.33. The van der Waals surface area contributed by atoms with E-state index >= 15 is 0 Å². The third-order valence-corrected chi connectivity index (χ3v) is 4.15. The van der Waals surface area contributed by atoms with Crippen molar-refractivity contribution < 1.29 is 0 Å². The highest BCUT2D eigenvalue weighted by Gasteiger charge is 2.24. The molecule has 0 radical (unpaired) electrons. The topological polar surface area (TPSA) is 31.4 Å². The predicted molar refractivity (Wildman–Crippen MR) is 85.3 cm³/mol. The highest BCUT2D eigenvalue weighted by Crippen LogP contribution is 2.26. The zero-order chi connectivity index (χ0) is 14.5. The fourth-order valence-corrected chi connectivity index (χ4v) is 3.08. The summed E-state index contributed by atoms with van der Waals surface area (Å²) in [6, 6.07) is 2.85. The zero-order valence-corrected chi connectivity index (χ0v) is 13.3. The molecule has 0 amide bonds. The van der Waals surface area contributed by atoms with Crippen LogP contribution in [-0.2, 0) is 6.54 Å². The molecule has 0 bridgehead atoms. The van der Waals surface area contributed by atoms with Gasteiger partial charge >= 0.3 is 0 Å². The monoisotopic (exact) mass is 276 g/mol. The van der Waals surface area contributed by atoms with Crippen molar-refractivity contribution >= 4 is 5.69 Å². The lowest BCUT2D eigenvalue weighted by Crippen LogP contribution is -2.40. The number of aryl methyl sites for hydroxylation is 1. The van der Waals surface area contributed by atoms with E-state index in [-0.39, 0.29) is 0 Å². The van der Waals surface area contributed by atoms with Gasteiger partial charge in [0.2, 0.25) is 0 Å². The number of aromatic nitrogens is 1. The molecule has 0 aromatic carbocycles. The molecule has 1 aliphatic heterocycles. The maximum absolute atomic E-state index is 4.47. The lowest BCUT2D eigenvalue weighted by atomic mass is 10.1. The molecule has 1 N–H and O–H groups in total. The van der Waals surface area contributed by atoms with Crippen molar-refractivity contribution in [1.29, 1.82) is 0 Å². The molecule has 2 rings (SSSR count). The summed E-state index contributed by atoms with van der Waals surface area (Å²) < 4.78 is 0. The third-order valence-electron chi connectivity index (χ3n) is 4.15. The molecule has 1 saturated heterocycles. The minimum atomic E-state index is 0.597. The van der Waals surface area contributed by atoms with Gasteiger partial charge in [-0.3, -0.25) is 4.98 Å². The van der Waals surface area contributed by atoms with E-state index in [4.69, 9.17) is 0 Å². The van der Waals surface area contributed by atoms with Gasteiger partial charge in [-0.2, -0.15) is 0 Å². The second-order valence-corrected chi connectivity index (χ2v) is 5.86. The van der Waals surface area contributed by atoms with E-state index in [1.54, 1.807) is 0 Å². The standard InChI is InChI=1S/C16H28N4/c1-5-15-12-19(4)7-6-8-20(15)16-9-13(2)18-11-14(16)10-17-3/h9,11,15,17H,5-8,10,12H2,1-4H3. The Bertz CT molecular complexity index is 432. The molecule has 0 aliphatic carbocycles. The fourth-order valence-electron chi connectivity index (χ4n) is 3.08. The van der Waals surface area contributed by atoms with Crippen LogP contribution in [0.5, 0.6) is 0 Å². The normalized spacial score (nSPS) is 21.0. The molecule has 1 aromatic rings. The first-order valence-electron chi connectivity index (χ1n) is 7.71. The van der Waals surface area contributed by atoms with Crippen molar-refractivity contribution in [2.75, 3.05) is 38.6 Å². The van der Waals surface area contributed by atoms with Crippen LogP contribution < -0.4 is 10.2 Å². The van der Waals surface area contributed by atoms with Crippen LogP contribution in [0.1, 0.15) is 31.0 Å². The molecule has 1 fully saturated rings. The highest BCUT2D eigenvalue weighted by atomic mass is 15.2. The Labute approximate surface area is 123 Å². The molecule has 1 aliphatic rings. The lowest BCUT2D eigenvalue weighted by molar-refractivity contribution is 0.328. The van der Waals surface area contributed by atoms with Crippen LogP contribution in [0.25, 0.3) is 0 Å². The third kappa shape index (κ3) is 3.49. The summed E-state index contributed by atoms with van der Waals surface area (Å²) in [5.41, 5.74) is 3.78. The average Bonchev–Trinajstić information content (AvgIpc) is 2.62. The van der Waals surface area contributed by atoms with Crippen LogP contribution in [0, 0.1) is 6.92 Å². The molecular formula is C16H28N4. The second-order valence-electron chi connectivity index (χ2n) is 5.86. The van der Waals surface area contributed by atoms with E-state index in [2.05, 4.69) is 47.1 Å². The van der Waals surface area contributed by atoms with E-state index < -0.39 is 0 Å². The number of anilines is 1. The predicted octanol–water partition coefficient (Wildman–Crippen LogP) is 2.03. The van der Waals surface area contributed by atoms with Gasteiger partial charge in [0.15, 0.2) is 0 Å². The summed E-state index contributed by atoms with van der Waals surface area (Å²) in [7, 11) is 4.23. The summed E-state index contributed by atoms with van der Waals surface area (Å²) in [5.74, 6) is 0. The molecule has 1 atom stereocenters. The summed E-state index contributed by atoms with van der Waals surface area (Å²) in [6.07, 6.45) is 4.45. The largest absolute Gasteiger partial charge is 0.367 e. The van der Waals surface area contributed by atoms with E-state index in [1.807, 2.05) is 13.2 Å². The molecule has 4 heteroatoms. The number of nitrogens with one attached hydrogen (secondary N) is 1. The molecule has 1 unspecified atom stereocenters. The molecule has 112 valence electrons. The Kier molecular flexibility index (Phi) is 5.38. The number of hydrogen-bond donors (Lipinski definition) is 1. The van der Waals surface area contributed by atoms with Crippen LogP contribution in [0.4, 0.5) is 5.69 Å². The minimum Gasteiger partial charge on any atom is -0.367 e. The number of likely N-dealkylation sites (N-methyl/N-ethyl adjacent to an activating group) is 1. The van der Waals surface area contributed by atoms with Crippen LogP contribution >= 0.6 is 0 Å². The van der Waals surface area contributed by atoms with E-state index in [0.29, 0.717) is 6.04 Å². The Morgan fingerprint density at radius 1 is 1.40 bits per heavy atom. The van der Waals surface area contributed by atoms with Crippen LogP contribution in [0.15, 0.2) is 12.3 Å². The van der Waals surface area contributed by atoms with Crippen molar-refractivity contribution in [3.05, 3.63) is 23.5 Å². The molecule has 1 aromatic heterocycles. The second kappa shape index (κ2) is 7.04. The van der Waals surface area contributed by atoms with Crippen LogP contribution in [-0.4, -0.2) is 49.7 Å². The van der Waals surface area contributed by atoms with Crippen molar-refractivity contribution in [3.8, 4) is 0 Å². The summed E-state index contributed by atoms with van der Waals surface area (Å²) >= 11 is 0. The van der Waals surface area contributed by atoms with Gasteiger partial charge in [0.1, 0.15) is 0 Å². The molecular weight excluding hydrogens is 248 g/mol. The SMILES string of the molecule is CCC1CN(C)CCCN1c1cc(C)ncc1CNC. The van der Waals surface area contributed by atoms with Crippen LogP contribution in [0.2, 0.25) is 0 Å². The molecule has 2 heterocycles. The first kappa shape index (κ1) is 15.3.